The molecule has 4 heteroatoms. The minimum Gasteiger partial charge on any atom is -0.496 e. The molecule has 108 valence electrons. The molecule has 0 saturated heterocycles. The van der Waals surface area contributed by atoms with Crippen LogP contribution in [0.1, 0.15) is 33.8 Å². The predicted octanol–water partition coefficient (Wildman–Crippen LogP) is 3.37. The third-order valence-electron chi connectivity index (χ3n) is 3.49. The summed E-state index contributed by atoms with van der Waals surface area (Å²) in [5.74, 6) is 6.65. The van der Waals surface area contributed by atoms with E-state index >= 15 is 0 Å². The molecule has 0 saturated carbocycles. The molecule has 1 heterocycles. The second kappa shape index (κ2) is 6.88. The number of nitrogens with two attached hydrogens (primary N) is 1. The molecule has 1 aromatic carbocycles. The van der Waals surface area contributed by atoms with Gasteiger partial charge in [0.1, 0.15) is 5.75 Å². The van der Waals surface area contributed by atoms with Crippen LogP contribution in [0.5, 0.6) is 5.75 Å². The Bertz CT molecular complexity index is 565. The van der Waals surface area contributed by atoms with Gasteiger partial charge in [-0.3, -0.25) is 11.3 Å². The van der Waals surface area contributed by atoms with Crippen molar-refractivity contribution in [1.82, 2.24) is 5.43 Å². The quantitative estimate of drug-likeness (QED) is 0.633. The molecule has 20 heavy (non-hydrogen) atoms. The summed E-state index contributed by atoms with van der Waals surface area (Å²) in [6, 6.07) is 10.7. The van der Waals surface area contributed by atoms with Crippen molar-refractivity contribution in [2.24, 2.45) is 5.84 Å². The van der Waals surface area contributed by atoms with Gasteiger partial charge in [-0.2, -0.15) is 0 Å². The Morgan fingerprint density at radius 1 is 1.25 bits per heavy atom. The van der Waals surface area contributed by atoms with Crippen LogP contribution >= 0.6 is 11.3 Å². The molecule has 1 atom stereocenters. The second-order valence-corrected chi connectivity index (χ2v) is 6.13. The molecule has 0 fully saturated rings. The molecule has 1 unspecified atom stereocenters. The lowest BCUT2D eigenvalue weighted by Gasteiger charge is -2.17. The highest BCUT2D eigenvalue weighted by Gasteiger charge is 2.13. The Morgan fingerprint density at radius 3 is 2.55 bits per heavy atom. The minimum atomic E-state index is 0.128. The zero-order valence-corrected chi connectivity index (χ0v) is 13.1. The van der Waals surface area contributed by atoms with Crippen LogP contribution in [0.25, 0.3) is 0 Å². The zero-order valence-electron chi connectivity index (χ0n) is 12.3. The van der Waals surface area contributed by atoms with E-state index in [1.807, 2.05) is 17.4 Å². The van der Waals surface area contributed by atoms with E-state index in [1.165, 1.54) is 15.3 Å². The maximum Gasteiger partial charge on any atom is 0.121 e. The third kappa shape index (κ3) is 3.39. The molecule has 0 bridgehead atoms. The molecule has 0 aliphatic heterocycles. The number of hydrogen-bond donors (Lipinski definition) is 2. The van der Waals surface area contributed by atoms with Gasteiger partial charge >= 0.3 is 0 Å². The second-order valence-electron chi connectivity index (χ2n) is 4.87. The lowest BCUT2D eigenvalue weighted by atomic mass is 10.0. The standard InChI is InChI=1S/C16H22N2OS/c1-4-13-6-7-14(20-13)10-15(18-17)12-5-8-16(19-3)11(2)9-12/h5-9,15,18H,4,10,17H2,1-3H3. The van der Waals surface area contributed by atoms with Gasteiger partial charge in [0.25, 0.3) is 0 Å². The van der Waals surface area contributed by atoms with Gasteiger partial charge < -0.3 is 4.74 Å². The molecule has 0 spiro atoms. The Morgan fingerprint density at radius 2 is 2.00 bits per heavy atom. The van der Waals surface area contributed by atoms with Crippen molar-refractivity contribution in [2.75, 3.05) is 7.11 Å². The number of aryl methyl sites for hydroxylation is 2. The van der Waals surface area contributed by atoms with Crippen molar-refractivity contribution in [3.05, 3.63) is 51.2 Å². The molecule has 0 radical (unpaired) electrons. The van der Waals surface area contributed by atoms with Crippen molar-refractivity contribution in [1.29, 1.82) is 0 Å². The molecule has 3 nitrogen and oxygen atoms in total. The number of benzene rings is 1. The van der Waals surface area contributed by atoms with E-state index in [0.717, 1.165) is 24.2 Å². The molecule has 3 N–H and O–H groups in total. The predicted molar refractivity (Wildman–Crippen MR) is 85.2 cm³/mol. The van der Waals surface area contributed by atoms with Gasteiger partial charge in [-0.25, -0.2) is 0 Å². The first-order valence-corrected chi connectivity index (χ1v) is 7.67. The maximum atomic E-state index is 5.74. The zero-order chi connectivity index (χ0) is 14.5. The molecule has 0 aliphatic rings. The molecular formula is C16H22N2OS. The van der Waals surface area contributed by atoms with Gasteiger partial charge in [-0.05, 0) is 42.7 Å². The minimum absolute atomic E-state index is 0.128. The Kier molecular flexibility index (Phi) is 5.17. The van der Waals surface area contributed by atoms with Crippen LogP contribution in [-0.2, 0) is 12.8 Å². The van der Waals surface area contributed by atoms with Crippen molar-refractivity contribution in [3.8, 4) is 5.75 Å². The van der Waals surface area contributed by atoms with Crippen LogP contribution in [0.2, 0.25) is 0 Å². The third-order valence-corrected chi connectivity index (χ3v) is 4.75. The Hall–Kier alpha value is -1.36. The number of thiophene rings is 1. The molecular weight excluding hydrogens is 268 g/mol. The van der Waals surface area contributed by atoms with Gasteiger partial charge in [0.15, 0.2) is 0 Å². The largest absolute Gasteiger partial charge is 0.496 e. The van der Waals surface area contributed by atoms with Gasteiger partial charge in [0.05, 0.1) is 13.2 Å². The summed E-state index contributed by atoms with van der Waals surface area (Å²) in [7, 11) is 1.69. The van der Waals surface area contributed by atoms with Gasteiger partial charge in [0, 0.05) is 16.2 Å². The van der Waals surface area contributed by atoms with E-state index in [4.69, 9.17) is 10.6 Å². The summed E-state index contributed by atoms with van der Waals surface area (Å²) < 4.78 is 5.30. The summed E-state index contributed by atoms with van der Waals surface area (Å²) in [6.07, 6.45) is 2.00. The molecule has 0 aliphatic carbocycles. The van der Waals surface area contributed by atoms with Crippen LogP contribution in [0.4, 0.5) is 0 Å². The van der Waals surface area contributed by atoms with E-state index in [2.05, 4.69) is 43.5 Å². The van der Waals surface area contributed by atoms with Crippen molar-refractivity contribution in [2.45, 2.75) is 32.7 Å². The van der Waals surface area contributed by atoms with E-state index in [9.17, 15) is 0 Å². The van der Waals surface area contributed by atoms with Crippen LogP contribution in [0.15, 0.2) is 30.3 Å². The molecule has 2 aromatic rings. The van der Waals surface area contributed by atoms with E-state index in [-0.39, 0.29) is 6.04 Å². The number of hydrazine groups is 1. The summed E-state index contributed by atoms with van der Waals surface area (Å²) in [4.78, 5) is 2.78. The number of nitrogens with one attached hydrogen (secondary N) is 1. The fourth-order valence-corrected chi connectivity index (χ4v) is 3.32. The normalized spacial score (nSPS) is 12.4. The average Bonchev–Trinajstić information content (AvgIpc) is 2.92. The Balaban J connectivity index is 2.17. The fourth-order valence-electron chi connectivity index (χ4n) is 2.31. The summed E-state index contributed by atoms with van der Waals surface area (Å²) in [5.41, 5.74) is 5.25. The van der Waals surface area contributed by atoms with Crippen LogP contribution in [0, 0.1) is 6.92 Å². The number of rotatable bonds is 6. The topological polar surface area (TPSA) is 47.3 Å². The van der Waals surface area contributed by atoms with Gasteiger partial charge in [-0.15, -0.1) is 11.3 Å². The van der Waals surface area contributed by atoms with Gasteiger partial charge in [-0.1, -0.05) is 19.1 Å². The smallest absolute Gasteiger partial charge is 0.121 e. The fraction of sp³-hybridized carbons (Fsp3) is 0.375. The van der Waals surface area contributed by atoms with Crippen LogP contribution in [-0.4, -0.2) is 7.11 Å². The van der Waals surface area contributed by atoms with Crippen molar-refractivity contribution in [3.63, 3.8) is 0 Å². The van der Waals surface area contributed by atoms with Crippen LogP contribution < -0.4 is 16.0 Å². The first-order valence-electron chi connectivity index (χ1n) is 6.86. The first kappa shape index (κ1) is 15.0. The molecule has 1 aromatic heterocycles. The van der Waals surface area contributed by atoms with Crippen LogP contribution in [0.3, 0.4) is 0 Å². The SMILES string of the molecule is CCc1ccc(CC(NN)c2ccc(OC)c(C)c2)s1. The average molecular weight is 290 g/mol. The summed E-state index contributed by atoms with van der Waals surface area (Å²) in [6.45, 7) is 4.23. The van der Waals surface area contributed by atoms with E-state index in [1.54, 1.807) is 7.11 Å². The molecule has 0 amide bonds. The first-order chi connectivity index (χ1) is 9.67. The highest BCUT2D eigenvalue weighted by molar-refractivity contribution is 7.11. The highest BCUT2D eigenvalue weighted by Crippen LogP contribution is 2.27. The maximum absolute atomic E-state index is 5.74. The van der Waals surface area contributed by atoms with E-state index in [0.29, 0.717) is 0 Å². The van der Waals surface area contributed by atoms with E-state index < -0.39 is 0 Å². The van der Waals surface area contributed by atoms with Gasteiger partial charge in [0.2, 0.25) is 0 Å². The monoisotopic (exact) mass is 290 g/mol. The number of hydrogen-bond acceptors (Lipinski definition) is 4. The summed E-state index contributed by atoms with van der Waals surface area (Å²) >= 11 is 1.86. The Labute approximate surface area is 124 Å². The highest BCUT2D eigenvalue weighted by atomic mass is 32.1. The van der Waals surface area contributed by atoms with Crippen molar-refractivity contribution >= 4 is 11.3 Å². The lowest BCUT2D eigenvalue weighted by molar-refractivity contribution is 0.411. The molecule has 2 rings (SSSR count). The van der Waals surface area contributed by atoms with Crippen molar-refractivity contribution < 1.29 is 4.74 Å². The lowest BCUT2D eigenvalue weighted by Crippen LogP contribution is -2.29. The number of methoxy groups -OCH3 is 1. The number of ether oxygens (including phenoxy) is 1. The summed E-state index contributed by atoms with van der Waals surface area (Å²) in [5, 5.41) is 0.